The van der Waals surface area contributed by atoms with Gasteiger partial charge in [0.1, 0.15) is 0 Å². The molecule has 8 heteroatoms. The lowest BCUT2D eigenvalue weighted by Gasteiger charge is -2.54. The van der Waals surface area contributed by atoms with Crippen LogP contribution in [0.4, 0.5) is 4.79 Å². The lowest BCUT2D eigenvalue weighted by Crippen LogP contribution is -2.67. The van der Waals surface area contributed by atoms with Crippen LogP contribution in [0.2, 0.25) is 0 Å². The molecule has 0 aromatic carbocycles. The van der Waals surface area contributed by atoms with Gasteiger partial charge in [-0.25, -0.2) is 9.80 Å². The van der Waals surface area contributed by atoms with Crippen molar-refractivity contribution in [3.8, 4) is 0 Å². The van der Waals surface area contributed by atoms with E-state index in [0.29, 0.717) is 30.3 Å². The second kappa shape index (κ2) is 8.52. The number of hydrogen-bond acceptors (Lipinski definition) is 6. The Labute approximate surface area is 185 Å². The van der Waals surface area contributed by atoms with Crippen molar-refractivity contribution < 1.29 is 19.1 Å². The highest BCUT2D eigenvalue weighted by Crippen LogP contribution is 2.42. The van der Waals surface area contributed by atoms with Crippen LogP contribution in [-0.2, 0) is 14.3 Å². The van der Waals surface area contributed by atoms with Crippen molar-refractivity contribution in [3.05, 3.63) is 0 Å². The van der Waals surface area contributed by atoms with Gasteiger partial charge in [-0.05, 0) is 64.7 Å². The molecule has 0 spiro atoms. The number of nitrogens with one attached hydrogen (secondary N) is 1. The van der Waals surface area contributed by atoms with Crippen LogP contribution in [0.3, 0.4) is 0 Å². The SMILES string of the molecule is CC(C)OC(=O)N1C[C@H](C)N(C(=O)C2CC2)C2CCC(C3CNN(C4COC4)C3)CC21. The number of rotatable bonds is 4. The van der Waals surface area contributed by atoms with Crippen LogP contribution in [0.5, 0.6) is 0 Å². The zero-order valence-electron chi connectivity index (χ0n) is 19.2. The van der Waals surface area contributed by atoms with Gasteiger partial charge in [0.15, 0.2) is 0 Å². The summed E-state index contributed by atoms with van der Waals surface area (Å²) in [6.07, 6.45) is 4.76. The van der Waals surface area contributed by atoms with Crippen LogP contribution < -0.4 is 5.43 Å². The molecule has 0 aromatic rings. The number of carbonyl (C=O) groups excluding carboxylic acids is 2. The first-order valence-electron chi connectivity index (χ1n) is 12.3. The fraction of sp³-hybridized carbons (Fsp3) is 0.913. The summed E-state index contributed by atoms with van der Waals surface area (Å²) in [7, 11) is 0. The van der Waals surface area contributed by atoms with Crippen molar-refractivity contribution in [2.75, 3.05) is 32.8 Å². The van der Waals surface area contributed by atoms with Crippen LogP contribution in [-0.4, -0.2) is 89.9 Å². The van der Waals surface area contributed by atoms with Crippen molar-refractivity contribution in [2.45, 2.75) is 83.1 Å². The van der Waals surface area contributed by atoms with Gasteiger partial charge in [-0.15, -0.1) is 0 Å². The van der Waals surface area contributed by atoms with E-state index in [-0.39, 0.29) is 36.2 Å². The Kier molecular flexibility index (Phi) is 5.90. The third-order valence-corrected chi connectivity index (χ3v) is 7.98. The standard InChI is InChI=1S/C23H38N4O4/c1-14(2)31-23(29)25-10-15(3)27(22(28)16-4-5-16)20-7-6-17(8-21(20)25)18-9-24-26(11-18)19-12-30-13-19/h14-21,24H,4-13H2,1-3H3/t15-,17?,18?,20?,21?/m0/s1. The molecule has 31 heavy (non-hydrogen) atoms. The van der Waals surface area contributed by atoms with Crippen molar-refractivity contribution in [1.29, 1.82) is 0 Å². The van der Waals surface area contributed by atoms with Gasteiger partial charge in [-0.2, -0.15) is 0 Å². The first kappa shape index (κ1) is 21.5. The summed E-state index contributed by atoms with van der Waals surface area (Å²) < 4.78 is 11.0. The Balaban J connectivity index is 1.32. The van der Waals surface area contributed by atoms with E-state index in [2.05, 4.69) is 22.3 Å². The van der Waals surface area contributed by atoms with E-state index in [1.165, 1.54) is 0 Å². The van der Waals surface area contributed by atoms with Crippen LogP contribution >= 0.6 is 0 Å². The van der Waals surface area contributed by atoms with Crippen molar-refractivity contribution in [2.24, 2.45) is 17.8 Å². The number of hydrazine groups is 1. The normalized spacial score (nSPS) is 37.0. The molecule has 3 aliphatic heterocycles. The van der Waals surface area contributed by atoms with E-state index in [1.54, 1.807) is 0 Å². The minimum atomic E-state index is -0.214. The maximum Gasteiger partial charge on any atom is 0.410 e. The molecule has 0 bridgehead atoms. The number of hydrogen-bond donors (Lipinski definition) is 1. The summed E-state index contributed by atoms with van der Waals surface area (Å²) in [5, 5.41) is 2.36. The Morgan fingerprint density at radius 2 is 1.81 bits per heavy atom. The first-order valence-corrected chi connectivity index (χ1v) is 12.3. The van der Waals surface area contributed by atoms with Crippen LogP contribution in [0.25, 0.3) is 0 Å². The zero-order valence-corrected chi connectivity index (χ0v) is 19.2. The minimum absolute atomic E-state index is 0.0490. The van der Waals surface area contributed by atoms with Gasteiger partial charge in [-0.1, -0.05) is 0 Å². The summed E-state index contributed by atoms with van der Waals surface area (Å²) in [6.45, 7) is 10.2. The molecular weight excluding hydrogens is 396 g/mol. The van der Waals surface area contributed by atoms with E-state index < -0.39 is 0 Å². The van der Waals surface area contributed by atoms with E-state index in [4.69, 9.17) is 9.47 Å². The Morgan fingerprint density at radius 1 is 1.03 bits per heavy atom. The summed E-state index contributed by atoms with van der Waals surface area (Å²) in [6, 6.07) is 0.734. The summed E-state index contributed by atoms with van der Waals surface area (Å²) >= 11 is 0. The lowest BCUT2D eigenvalue weighted by atomic mass is 9.73. The Morgan fingerprint density at radius 3 is 2.45 bits per heavy atom. The molecule has 1 N–H and O–H groups in total. The summed E-state index contributed by atoms with van der Waals surface area (Å²) in [5.41, 5.74) is 3.58. The van der Waals surface area contributed by atoms with Crippen LogP contribution in [0, 0.1) is 17.8 Å². The summed E-state index contributed by atoms with van der Waals surface area (Å²) in [4.78, 5) is 30.3. The molecule has 2 saturated carbocycles. The molecule has 4 unspecified atom stereocenters. The number of ether oxygens (including phenoxy) is 2. The summed E-state index contributed by atoms with van der Waals surface area (Å²) in [5.74, 6) is 1.67. The van der Waals surface area contributed by atoms with E-state index >= 15 is 0 Å². The molecule has 2 aliphatic carbocycles. The zero-order chi connectivity index (χ0) is 21.7. The van der Waals surface area contributed by atoms with Gasteiger partial charge >= 0.3 is 6.09 Å². The third-order valence-electron chi connectivity index (χ3n) is 7.98. The quantitative estimate of drug-likeness (QED) is 0.728. The lowest BCUT2D eigenvalue weighted by molar-refractivity contribution is -0.146. The highest BCUT2D eigenvalue weighted by molar-refractivity contribution is 5.82. The number of carbonyl (C=O) groups is 2. The van der Waals surface area contributed by atoms with E-state index in [1.807, 2.05) is 18.7 Å². The van der Waals surface area contributed by atoms with Gasteiger partial charge < -0.3 is 19.3 Å². The smallest absolute Gasteiger partial charge is 0.410 e. The molecule has 8 nitrogen and oxygen atoms in total. The molecule has 5 rings (SSSR count). The average molecular weight is 435 g/mol. The maximum absolute atomic E-state index is 13.1. The molecule has 5 fully saturated rings. The molecule has 5 aliphatic rings. The minimum Gasteiger partial charge on any atom is -0.447 e. The highest BCUT2D eigenvalue weighted by atomic mass is 16.6. The molecule has 2 amide bonds. The van der Waals surface area contributed by atoms with Gasteiger partial charge in [-0.3, -0.25) is 10.2 Å². The van der Waals surface area contributed by atoms with Gasteiger partial charge in [0.05, 0.1) is 37.4 Å². The fourth-order valence-corrected chi connectivity index (χ4v) is 6.10. The highest BCUT2D eigenvalue weighted by Gasteiger charge is 2.51. The van der Waals surface area contributed by atoms with Crippen molar-refractivity contribution >= 4 is 12.0 Å². The number of nitrogens with zero attached hydrogens (tertiary/aromatic N) is 3. The predicted octanol–water partition coefficient (Wildman–Crippen LogP) is 1.85. The van der Waals surface area contributed by atoms with Gasteiger partial charge in [0.2, 0.25) is 5.91 Å². The van der Waals surface area contributed by atoms with Crippen LogP contribution in [0.1, 0.15) is 52.9 Å². The van der Waals surface area contributed by atoms with Crippen molar-refractivity contribution in [3.63, 3.8) is 0 Å². The van der Waals surface area contributed by atoms with Crippen molar-refractivity contribution in [1.82, 2.24) is 20.2 Å². The largest absolute Gasteiger partial charge is 0.447 e. The number of piperazine rings is 1. The maximum atomic E-state index is 13.1. The second-order valence-electron chi connectivity index (χ2n) is 10.6. The molecule has 3 heterocycles. The molecule has 5 atom stereocenters. The third kappa shape index (κ3) is 4.18. The number of fused-ring (bicyclic) bond motifs is 1. The second-order valence-corrected chi connectivity index (χ2v) is 10.6. The van der Waals surface area contributed by atoms with Gasteiger partial charge in [0.25, 0.3) is 0 Å². The molecule has 3 saturated heterocycles. The average Bonchev–Trinajstić information content (AvgIpc) is 3.43. The number of amides is 2. The topological polar surface area (TPSA) is 74.4 Å². The van der Waals surface area contributed by atoms with E-state index in [9.17, 15) is 9.59 Å². The molecule has 0 radical (unpaired) electrons. The monoisotopic (exact) mass is 434 g/mol. The fourth-order valence-electron chi connectivity index (χ4n) is 6.10. The van der Waals surface area contributed by atoms with Gasteiger partial charge in [0, 0.05) is 31.6 Å². The van der Waals surface area contributed by atoms with E-state index in [0.717, 1.165) is 58.4 Å². The molecule has 174 valence electrons. The predicted molar refractivity (Wildman–Crippen MR) is 115 cm³/mol. The first-order chi connectivity index (χ1) is 14.9. The van der Waals surface area contributed by atoms with Crippen LogP contribution in [0.15, 0.2) is 0 Å². The Hall–Kier alpha value is -1.38. The Bertz CT molecular complexity index is 695. The molecule has 0 aromatic heterocycles. The molecular formula is C23H38N4O4.